The summed E-state index contributed by atoms with van der Waals surface area (Å²) in [6.45, 7) is 2.80. The van der Waals surface area contributed by atoms with Crippen molar-refractivity contribution in [3.05, 3.63) is 66.2 Å². The lowest BCUT2D eigenvalue weighted by molar-refractivity contribution is -0.140. The van der Waals surface area contributed by atoms with Gasteiger partial charge in [-0.25, -0.2) is 13.1 Å². The Bertz CT molecular complexity index is 1030. The maximum atomic E-state index is 13.3. The maximum absolute atomic E-state index is 13.3. The highest BCUT2D eigenvalue weighted by Crippen LogP contribution is 2.16. The topological polar surface area (TPSA) is 105 Å². The van der Waals surface area contributed by atoms with Gasteiger partial charge in [-0.3, -0.25) is 9.59 Å². The van der Waals surface area contributed by atoms with Gasteiger partial charge in [-0.1, -0.05) is 61.9 Å². The maximum Gasteiger partial charge on any atom is 0.242 e. The van der Waals surface area contributed by atoms with E-state index in [4.69, 9.17) is 4.74 Å². The first-order valence-corrected chi connectivity index (χ1v) is 13.2. The summed E-state index contributed by atoms with van der Waals surface area (Å²) in [6.07, 6.45) is 3.00. The number of benzene rings is 2. The lowest BCUT2D eigenvalue weighted by Gasteiger charge is -2.31. The predicted octanol–water partition coefficient (Wildman–Crippen LogP) is 2.46. The highest BCUT2D eigenvalue weighted by Gasteiger charge is 2.30. The number of ether oxygens (including phenoxy) is 1. The largest absolute Gasteiger partial charge is 0.376 e. The van der Waals surface area contributed by atoms with Crippen molar-refractivity contribution in [2.24, 2.45) is 0 Å². The monoisotopic (exact) mass is 487 g/mol. The van der Waals surface area contributed by atoms with E-state index in [1.807, 2.05) is 37.3 Å². The first-order chi connectivity index (χ1) is 16.4. The van der Waals surface area contributed by atoms with E-state index in [2.05, 4.69) is 10.0 Å². The van der Waals surface area contributed by atoms with Crippen LogP contribution in [0, 0.1) is 0 Å². The lowest BCUT2D eigenvalue weighted by atomic mass is 10.1. The number of nitrogens with zero attached hydrogens (tertiary/aromatic N) is 1. The molecule has 2 aromatic carbocycles. The summed E-state index contributed by atoms with van der Waals surface area (Å²) in [7, 11) is -3.86. The number of hydrogen-bond acceptors (Lipinski definition) is 5. The zero-order chi connectivity index (χ0) is 24.4. The quantitative estimate of drug-likeness (QED) is 0.479. The molecule has 0 unspecified atom stereocenters. The van der Waals surface area contributed by atoms with E-state index in [0.717, 1.165) is 18.4 Å². The molecule has 1 aliphatic rings. The summed E-state index contributed by atoms with van der Waals surface area (Å²) in [4.78, 5) is 28.0. The summed E-state index contributed by atoms with van der Waals surface area (Å²) < 4.78 is 33.2. The van der Waals surface area contributed by atoms with Gasteiger partial charge >= 0.3 is 0 Å². The first-order valence-electron chi connectivity index (χ1n) is 11.7. The Kier molecular flexibility index (Phi) is 9.62. The third kappa shape index (κ3) is 7.38. The molecule has 2 N–H and O–H groups in total. The summed E-state index contributed by atoms with van der Waals surface area (Å²) in [5.74, 6) is -0.721. The van der Waals surface area contributed by atoms with Gasteiger partial charge in [0.05, 0.1) is 17.5 Å². The predicted molar refractivity (Wildman–Crippen MR) is 129 cm³/mol. The summed E-state index contributed by atoms with van der Waals surface area (Å²) in [6, 6.07) is 16.5. The van der Waals surface area contributed by atoms with Crippen LogP contribution in [0.3, 0.4) is 0 Å². The van der Waals surface area contributed by atoms with Crippen molar-refractivity contribution in [1.82, 2.24) is 14.9 Å². The Labute approximate surface area is 201 Å². The fourth-order valence-electron chi connectivity index (χ4n) is 3.93. The average Bonchev–Trinajstić information content (AvgIpc) is 3.38. The highest BCUT2D eigenvalue weighted by atomic mass is 32.2. The summed E-state index contributed by atoms with van der Waals surface area (Å²) >= 11 is 0. The van der Waals surface area contributed by atoms with Crippen LogP contribution in [0.25, 0.3) is 0 Å². The molecule has 2 atom stereocenters. The Hall–Kier alpha value is -2.75. The van der Waals surface area contributed by atoms with Gasteiger partial charge in [0.1, 0.15) is 6.04 Å². The van der Waals surface area contributed by atoms with Crippen molar-refractivity contribution >= 4 is 21.8 Å². The SMILES string of the molecule is CCC[C@@H](C(=O)NC[C@H]1CCCO1)N(Cc1ccccc1)C(=O)CNS(=O)(=O)c1ccccc1. The van der Waals surface area contributed by atoms with Crippen LogP contribution in [0.1, 0.15) is 38.2 Å². The molecule has 184 valence electrons. The van der Waals surface area contributed by atoms with Crippen molar-refractivity contribution in [3.8, 4) is 0 Å². The van der Waals surface area contributed by atoms with E-state index in [1.54, 1.807) is 18.2 Å². The number of hydrogen-bond donors (Lipinski definition) is 2. The van der Waals surface area contributed by atoms with Crippen LogP contribution < -0.4 is 10.0 Å². The van der Waals surface area contributed by atoms with Gasteiger partial charge in [-0.05, 0) is 37.0 Å². The summed E-state index contributed by atoms with van der Waals surface area (Å²) in [5, 5.41) is 2.93. The van der Waals surface area contributed by atoms with Crippen LogP contribution >= 0.6 is 0 Å². The molecule has 0 aromatic heterocycles. The summed E-state index contributed by atoms with van der Waals surface area (Å²) in [5.41, 5.74) is 0.856. The minimum atomic E-state index is -3.86. The molecule has 2 aromatic rings. The molecular formula is C25H33N3O5S. The zero-order valence-electron chi connectivity index (χ0n) is 19.5. The Morgan fingerprint density at radius 2 is 1.76 bits per heavy atom. The molecule has 0 aliphatic carbocycles. The second kappa shape index (κ2) is 12.6. The molecule has 0 saturated carbocycles. The van der Waals surface area contributed by atoms with E-state index in [0.29, 0.717) is 26.0 Å². The molecule has 1 aliphatic heterocycles. The zero-order valence-corrected chi connectivity index (χ0v) is 20.3. The van der Waals surface area contributed by atoms with E-state index in [9.17, 15) is 18.0 Å². The Morgan fingerprint density at radius 3 is 2.38 bits per heavy atom. The van der Waals surface area contributed by atoms with Crippen LogP contribution in [-0.4, -0.2) is 57.0 Å². The molecule has 3 rings (SSSR count). The van der Waals surface area contributed by atoms with Crippen molar-refractivity contribution < 1.29 is 22.7 Å². The van der Waals surface area contributed by atoms with Gasteiger partial charge in [0, 0.05) is 19.7 Å². The minimum absolute atomic E-state index is 0.0119. The molecule has 0 bridgehead atoms. The van der Waals surface area contributed by atoms with Crippen LogP contribution in [0.5, 0.6) is 0 Å². The molecule has 1 heterocycles. The van der Waals surface area contributed by atoms with Gasteiger partial charge in [0.2, 0.25) is 21.8 Å². The van der Waals surface area contributed by atoms with E-state index >= 15 is 0 Å². The Balaban J connectivity index is 1.75. The average molecular weight is 488 g/mol. The molecule has 1 saturated heterocycles. The van der Waals surface area contributed by atoms with Crippen molar-refractivity contribution in [1.29, 1.82) is 0 Å². The molecular weight excluding hydrogens is 454 g/mol. The number of amides is 2. The molecule has 0 spiro atoms. The standard InChI is InChI=1S/C25H33N3O5S/c1-2-10-23(25(30)26-17-21-13-9-16-33-21)28(19-20-11-5-3-6-12-20)24(29)18-27-34(31,32)22-14-7-4-8-15-22/h3-8,11-12,14-15,21,23,27H,2,9-10,13,16-19H2,1H3,(H,26,30)/t21-,23+/m1/s1. The molecule has 8 nitrogen and oxygen atoms in total. The normalized spacial score (nSPS) is 16.7. The second-order valence-electron chi connectivity index (χ2n) is 8.33. The van der Waals surface area contributed by atoms with Gasteiger partial charge in [-0.15, -0.1) is 0 Å². The molecule has 0 radical (unpaired) electrons. The van der Waals surface area contributed by atoms with Crippen LogP contribution in [0.15, 0.2) is 65.6 Å². The molecule has 34 heavy (non-hydrogen) atoms. The third-order valence-corrected chi connectivity index (χ3v) is 7.17. The molecule has 1 fully saturated rings. The van der Waals surface area contributed by atoms with Crippen molar-refractivity contribution in [3.63, 3.8) is 0 Å². The van der Waals surface area contributed by atoms with Gasteiger partial charge in [-0.2, -0.15) is 0 Å². The van der Waals surface area contributed by atoms with Gasteiger partial charge in [0.25, 0.3) is 0 Å². The fraction of sp³-hybridized carbons (Fsp3) is 0.440. The minimum Gasteiger partial charge on any atom is -0.376 e. The van der Waals surface area contributed by atoms with E-state index in [1.165, 1.54) is 17.0 Å². The van der Waals surface area contributed by atoms with Gasteiger partial charge in [0.15, 0.2) is 0 Å². The fourth-order valence-corrected chi connectivity index (χ4v) is 4.93. The van der Waals surface area contributed by atoms with E-state index < -0.39 is 28.5 Å². The van der Waals surface area contributed by atoms with Crippen molar-refractivity contribution in [2.75, 3.05) is 19.7 Å². The second-order valence-corrected chi connectivity index (χ2v) is 10.1. The third-order valence-electron chi connectivity index (χ3n) is 5.75. The number of carbonyl (C=O) groups excluding carboxylic acids is 2. The van der Waals surface area contributed by atoms with Gasteiger partial charge < -0.3 is 15.0 Å². The highest BCUT2D eigenvalue weighted by molar-refractivity contribution is 7.89. The molecule has 9 heteroatoms. The van der Waals surface area contributed by atoms with E-state index in [-0.39, 0.29) is 23.5 Å². The molecule has 2 amide bonds. The van der Waals surface area contributed by atoms with Crippen molar-refractivity contribution in [2.45, 2.75) is 56.2 Å². The Morgan fingerprint density at radius 1 is 1.09 bits per heavy atom. The number of carbonyl (C=O) groups is 2. The van der Waals surface area contributed by atoms with Crippen LogP contribution in [-0.2, 0) is 30.9 Å². The number of rotatable bonds is 12. The lowest BCUT2D eigenvalue weighted by Crippen LogP contribution is -2.52. The van der Waals surface area contributed by atoms with Crippen LogP contribution in [0.2, 0.25) is 0 Å². The smallest absolute Gasteiger partial charge is 0.242 e. The number of sulfonamides is 1. The van der Waals surface area contributed by atoms with Crippen LogP contribution in [0.4, 0.5) is 0 Å². The first kappa shape index (κ1) is 25.9. The number of nitrogens with one attached hydrogen (secondary N) is 2.